The summed E-state index contributed by atoms with van der Waals surface area (Å²) < 4.78 is 4.64. The van der Waals surface area contributed by atoms with Crippen LogP contribution in [0.1, 0.15) is 5.56 Å². The number of rotatable bonds is 4. The number of para-hydroxylation sites is 4. The summed E-state index contributed by atoms with van der Waals surface area (Å²) in [5, 5.41) is 14.6. The Morgan fingerprint density at radius 2 is 0.875 bits per heavy atom. The molecular weight excluding hydrogens is 585 g/mol. The Bertz CT molecular complexity index is 2660. The average molecular weight is 611 g/mol. The predicted octanol–water partition coefficient (Wildman–Crippen LogP) is 11.6. The van der Waals surface area contributed by atoms with Crippen LogP contribution in [0.3, 0.4) is 0 Å². The van der Waals surface area contributed by atoms with Crippen molar-refractivity contribution in [3.05, 3.63) is 175 Å². The lowest BCUT2D eigenvalue weighted by Crippen LogP contribution is -1.96. The van der Waals surface area contributed by atoms with Gasteiger partial charge in [-0.25, -0.2) is 4.85 Å². The Kier molecular flexibility index (Phi) is 6.22. The normalized spacial score (nSPS) is 11.3. The molecule has 0 aliphatic carbocycles. The van der Waals surface area contributed by atoms with Crippen molar-refractivity contribution in [1.29, 1.82) is 5.26 Å². The van der Waals surface area contributed by atoms with E-state index in [0.29, 0.717) is 11.3 Å². The van der Waals surface area contributed by atoms with Crippen LogP contribution in [0, 0.1) is 17.9 Å². The second-order valence-electron chi connectivity index (χ2n) is 12.0. The molecule has 0 atom stereocenters. The molecule has 0 aliphatic heterocycles. The first-order valence-electron chi connectivity index (χ1n) is 15.9. The van der Waals surface area contributed by atoms with Crippen LogP contribution in [0.25, 0.3) is 82.1 Å². The van der Waals surface area contributed by atoms with Crippen LogP contribution in [0.2, 0.25) is 0 Å². The molecule has 2 heterocycles. The molecule has 0 aliphatic rings. The van der Waals surface area contributed by atoms with Gasteiger partial charge in [-0.3, -0.25) is 0 Å². The monoisotopic (exact) mass is 610 g/mol. The van der Waals surface area contributed by atoms with Crippen LogP contribution in [0.15, 0.2) is 158 Å². The van der Waals surface area contributed by atoms with E-state index in [2.05, 4.69) is 160 Å². The highest BCUT2D eigenvalue weighted by Crippen LogP contribution is 2.38. The number of nitriles is 1. The van der Waals surface area contributed by atoms with Gasteiger partial charge in [-0.05, 0) is 95.1 Å². The van der Waals surface area contributed by atoms with Gasteiger partial charge in [-0.2, -0.15) is 5.26 Å². The van der Waals surface area contributed by atoms with E-state index in [4.69, 9.17) is 6.57 Å². The van der Waals surface area contributed by atoms with Gasteiger partial charge in [0, 0.05) is 38.5 Å². The summed E-state index contributed by atoms with van der Waals surface area (Å²) in [6.07, 6.45) is 0. The molecule has 0 radical (unpaired) electrons. The first kappa shape index (κ1) is 27.4. The van der Waals surface area contributed by atoms with Gasteiger partial charge in [0.2, 0.25) is 0 Å². The van der Waals surface area contributed by atoms with Crippen LogP contribution in [0.4, 0.5) is 5.69 Å². The second-order valence-corrected chi connectivity index (χ2v) is 12.0. The highest BCUT2D eigenvalue weighted by Gasteiger charge is 2.16. The third kappa shape index (κ3) is 4.29. The molecule has 0 amide bonds. The Labute approximate surface area is 277 Å². The fourth-order valence-electron chi connectivity index (χ4n) is 7.18. The SMILES string of the molecule is [C-]#[N+]c1cc(C#N)cc(-c2cc(-c3ccc(-n4c5ccccc5c5ccccc54)cc3)cc(-n3c4ccccc4c4ccccc43)c2)c1. The Hall–Kier alpha value is -6.88. The Balaban J connectivity index is 1.26. The summed E-state index contributed by atoms with van der Waals surface area (Å²) in [6.45, 7) is 7.68. The number of nitrogens with zero attached hydrogens (tertiary/aromatic N) is 4. The Morgan fingerprint density at radius 3 is 1.35 bits per heavy atom. The minimum Gasteiger partial charge on any atom is -0.309 e. The minimum absolute atomic E-state index is 0.448. The van der Waals surface area contributed by atoms with Crippen molar-refractivity contribution in [2.45, 2.75) is 0 Å². The Morgan fingerprint density at radius 1 is 0.438 bits per heavy atom. The molecule has 2 aromatic heterocycles. The molecule has 4 nitrogen and oxygen atoms in total. The predicted molar refractivity (Wildman–Crippen MR) is 197 cm³/mol. The van der Waals surface area contributed by atoms with E-state index in [1.807, 2.05) is 12.1 Å². The van der Waals surface area contributed by atoms with Crippen molar-refractivity contribution in [1.82, 2.24) is 9.13 Å². The summed E-state index contributed by atoms with van der Waals surface area (Å²) >= 11 is 0. The summed E-state index contributed by atoms with van der Waals surface area (Å²) in [7, 11) is 0. The lowest BCUT2D eigenvalue weighted by atomic mass is 9.96. The molecule has 222 valence electrons. The zero-order valence-corrected chi connectivity index (χ0v) is 25.8. The maximum atomic E-state index is 9.78. The molecule has 48 heavy (non-hydrogen) atoms. The molecule has 9 rings (SSSR count). The van der Waals surface area contributed by atoms with Crippen molar-refractivity contribution in [3.63, 3.8) is 0 Å². The fourth-order valence-corrected chi connectivity index (χ4v) is 7.18. The van der Waals surface area contributed by atoms with Gasteiger partial charge in [0.25, 0.3) is 0 Å². The first-order chi connectivity index (χ1) is 23.7. The number of hydrogen-bond acceptors (Lipinski definition) is 1. The molecule has 0 bridgehead atoms. The van der Waals surface area contributed by atoms with Gasteiger partial charge in [-0.15, -0.1) is 0 Å². The van der Waals surface area contributed by atoms with E-state index in [9.17, 15) is 5.26 Å². The van der Waals surface area contributed by atoms with Crippen molar-refractivity contribution < 1.29 is 0 Å². The molecule has 0 N–H and O–H groups in total. The van der Waals surface area contributed by atoms with Crippen LogP contribution < -0.4 is 0 Å². The minimum atomic E-state index is 0.448. The third-order valence-electron chi connectivity index (χ3n) is 9.30. The molecule has 9 aromatic rings. The van der Waals surface area contributed by atoms with E-state index in [0.717, 1.165) is 44.7 Å². The van der Waals surface area contributed by atoms with Crippen LogP contribution in [-0.4, -0.2) is 9.13 Å². The lowest BCUT2D eigenvalue weighted by Gasteiger charge is -2.15. The molecule has 0 unspecified atom stereocenters. The van der Waals surface area contributed by atoms with Gasteiger partial charge in [-0.1, -0.05) is 84.9 Å². The van der Waals surface area contributed by atoms with Gasteiger partial charge in [0.15, 0.2) is 5.69 Å². The molecule has 0 fully saturated rings. The summed E-state index contributed by atoms with van der Waals surface area (Å²) in [5.74, 6) is 0. The van der Waals surface area contributed by atoms with E-state index >= 15 is 0 Å². The topological polar surface area (TPSA) is 38.0 Å². The third-order valence-corrected chi connectivity index (χ3v) is 9.30. The van der Waals surface area contributed by atoms with E-state index in [1.165, 1.54) is 32.6 Å². The average Bonchev–Trinajstić information content (AvgIpc) is 3.68. The molecule has 7 aromatic carbocycles. The quantitative estimate of drug-likeness (QED) is 0.183. The van der Waals surface area contributed by atoms with Gasteiger partial charge < -0.3 is 9.13 Å². The maximum Gasteiger partial charge on any atom is 0.189 e. The smallest absolute Gasteiger partial charge is 0.189 e. The summed E-state index contributed by atoms with van der Waals surface area (Å²) in [5.41, 5.74) is 11.5. The summed E-state index contributed by atoms with van der Waals surface area (Å²) in [6, 6.07) is 57.0. The first-order valence-corrected chi connectivity index (χ1v) is 15.9. The maximum absolute atomic E-state index is 9.78. The summed E-state index contributed by atoms with van der Waals surface area (Å²) in [4.78, 5) is 3.67. The van der Waals surface area contributed by atoms with Crippen molar-refractivity contribution in [3.8, 4) is 39.7 Å². The zero-order chi connectivity index (χ0) is 32.2. The van der Waals surface area contributed by atoms with Crippen LogP contribution >= 0.6 is 0 Å². The molecule has 0 saturated heterocycles. The van der Waals surface area contributed by atoms with Gasteiger partial charge in [0.05, 0.1) is 34.7 Å². The van der Waals surface area contributed by atoms with Gasteiger partial charge >= 0.3 is 0 Å². The van der Waals surface area contributed by atoms with Crippen molar-refractivity contribution >= 4 is 49.3 Å². The number of fused-ring (bicyclic) bond motifs is 6. The van der Waals surface area contributed by atoms with E-state index < -0.39 is 0 Å². The van der Waals surface area contributed by atoms with Crippen LogP contribution in [0.5, 0.6) is 0 Å². The zero-order valence-electron chi connectivity index (χ0n) is 25.8. The van der Waals surface area contributed by atoms with E-state index in [-0.39, 0.29) is 0 Å². The molecule has 0 saturated carbocycles. The van der Waals surface area contributed by atoms with Crippen LogP contribution in [-0.2, 0) is 0 Å². The lowest BCUT2D eigenvalue weighted by molar-refractivity contribution is 1.18. The van der Waals surface area contributed by atoms with Gasteiger partial charge in [0.1, 0.15) is 0 Å². The van der Waals surface area contributed by atoms with Crippen molar-refractivity contribution in [2.24, 2.45) is 0 Å². The number of aromatic nitrogens is 2. The van der Waals surface area contributed by atoms with E-state index in [1.54, 1.807) is 6.07 Å². The number of hydrogen-bond donors (Lipinski definition) is 0. The standard InChI is InChI=1S/C44H26N4/c1-46-34-23-29(28-45)22-31(25-34)33-24-32(26-36(27-33)48-43-16-8-4-12-39(43)40-13-5-9-17-44(40)48)30-18-20-35(21-19-30)47-41-14-6-2-10-37(41)38-11-3-7-15-42(38)47/h2-27H. The fraction of sp³-hybridized carbons (Fsp3) is 0. The molecule has 4 heteroatoms. The molecule has 0 spiro atoms. The highest BCUT2D eigenvalue weighted by molar-refractivity contribution is 6.10. The largest absolute Gasteiger partial charge is 0.309 e. The number of benzene rings is 7. The molecular formula is C44H26N4. The van der Waals surface area contributed by atoms with Crippen molar-refractivity contribution in [2.75, 3.05) is 0 Å². The highest BCUT2D eigenvalue weighted by atomic mass is 15.0. The second kappa shape index (κ2) is 10.9.